The predicted octanol–water partition coefficient (Wildman–Crippen LogP) is 1.78. The third-order valence-electron chi connectivity index (χ3n) is 3.59. The van der Waals surface area contributed by atoms with E-state index in [-0.39, 0.29) is 18.2 Å². The van der Waals surface area contributed by atoms with Gasteiger partial charge >= 0.3 is 0 Å². The first-order chi connectivity index (χ1) is 9.19. The molecule has 3 atom stereocenters. The fraction of sp³-hybridized carbons (Fsp3) is 0.571. The van der Waals surface area contributed by atoms with Crippen molar-refractivity contribution in [3.8, 4) is 11.5 Å². The molecule has 1 saturated heterocycles. The number of nitrogens with one attached hydrogen (secondary N) is 1. The summed E-state index contributed by atoms with van der Waals surface area (Å²) in [7, 11) is 3.28. The van der Waals surface area contributed by atoms with Gasteiger partial charge in [0.1, 0.15) is 11.5 Å². The van der Waals surface area contributed by atoms with Gasteiger partial charge in [-0.05, 0) is 31.9 Å². The summed E-state index contributed by atoms with van der Waals surface area (Å²) < 4.78 is 16.5. The van der Waals surface area contributed by atoms with Crippen molar-refractivity contribution in [2.75, 3.05) is 14.2 Å². The van der Waals surface area contributed by atoms with Crippen molar-refractivity contribution in [1.82, 2.24) is 5.43 Å². The molecule has 1 aromatic carbocycles. The van der Waals surface area contributed by atoms with Crippen LogP contribution in [0.5, 0.6) is 11.5 Å². The Morgan fingerprint density at radius 3 is 2.63 bits per heavy atom. The summed E-state index contributed by atoms with van der Waals surface area (Å²) in [5.74, 6) is 7.22. The van der Waals surface area contributed by atoms with Crippen molar-refractivity contribution < 1.29 is 14.2 Å². The van der Waals surface area contributed by atoms with Gasteiger partial charge in [0.15, 0.2) is 0 Å². The topological polar surface area (TPSA) is 65.7 Å². The highest BCUT2D eigenvalue weighted by Gasteiger charge is 2.31. The maximum absolute atomic E-state index is 5.90. The Morgan fingerprint density at radius 1 is 1.32 bits per heavy atom. The third kappa shape index (κ3) is 3.00. The van der Waals surface area contributed by atoms with Crippen molar-refractivity contribution in [2.24, 2.45) is 5.84 Å². The van der Waals surface area contributed by atoms with Gasteiger partial charge in [-0.3, -0.25) is 11.3 Å². The first-order valence-corrected chi connectivity index (χ1v) is 6.53. The van der Waals surface area contributed by atoms with Gasteiger partial charge in [0.05, 0.1) is 32.5 Å². The molecule has 1 heterocycles. The second kappa shape index (κ2) is 6.23. The first kappa shape index (κ1) is 14.1. The van der Waals surface area contributed by atoms with E-state index in [0.29, 0.717) is 0 Å². The van der Waals surface area contributed by atoms with E-state index in [2.05, 4.69) is 12.3 Å². The molecule has 0 saturated carbocycles. The smallest absolute Gasteiger partial charge is 0.127 e. The summed E-state index contributed by atoms with van der Waals surface area (Å²) in [4.78, 5) is 0. The van der Waals surface area contributed by atoms with Gasteiger partial charge in [-0.1, -0.05) is 0 Å². The number of nitrogens with two attached hydrogens (primary N) is 1. The van der Waals surface area contributed by atoms with E-state index >= 15 is 0 Å². The van der Waals surface area contributed by atoms with E-state index in [9.17, 15) is 0 Å². The molecule has 0 radical (unpaired) electrons. The molecule has 106 valence electrons. The number of hydrazine groups is 1. The van der Waals surface area contributed by atoms with E-state index in [1.54, 1.807) is 14.2 Å². The molecule has 0 spiro atoms. The van der Waals surface area contributed by atoms with E-state index in [0.717, 1.165) is 29.9 Å². The van der Waals surface area contributed by atoms with Crippen molar-refractivity contribution >= 4 is 0 Å². The van der Waals surface area contributed by atoms with Crippen LogP contribution in [0.3, 0.4) is 0 Å². The lowest BCUT2D eigenvalue weighted by Crippen LogP contribution is -2.36. The lowest BCUT2D eigenvalue weighted by atomic mass is 9.98. The van der Waals surface area contributed by atoms with Crippen LogP contribution in [-0.2, 0) is 4.74 Å². The number of hydrogen-bond donors (Lipinski definition) is 2. The zero-order valence-corrected chi connectivity index (χ0v) is 11.7. The van der Waals surface area contributed by atoms with Gasteiger partial charge in [-0.25, -0.2) is 0 Å². The van der Waals surface area contributed by atoms with Crippen LogP contribution in [0.2, 0.25) is 0 Å². The predicted molar refractivity (Wildman–Crippen MR) is 73.2 cm³/mol. The van der Waals surface area contributed by atoms with Crippen LogP contribution in [0.1, 0.15) is 31.4 Å². The Morgan fingerprint density at radius 2 is 2.11 bits per heavy atom. The van der Waals surface area contributed by atoms with Gasteiger partial charge in [0.2, 0.25) is 0 Å². The molecule has 19 heavy (non-hydrogen) atoms. The summed E-state index contributed by atoms with van der Waals surface area (Å²) in [5, 5.41) is 0. The Labute approximate surface area is 114 Å². The fourth-order valence-electron chi connectivity index (χ4n) is 2.55. The molecular weight excluding hydrogens is 244 g/mol. The number of rotatable bonds is 5. The molecule has 3 unspecified atom stereocenters. The standard InChI is InChI=1S/C14H22N2O3/c1-9-4-7-12(19-9)14(16-15)11-6-5-10(17-2)8-13(11)18-3/h5-6,8-9,12,14,16H,4,7,15H2,1-3H3. The number of hydrogen-bond acceptors (Lipinski definition) is 5. The molecule has 2 rings (SSSR count). The lowest BCUT2D eigenvalue weighted by Gasteiger charge is -2.25. The minimum atomic E-state index is -0.0780. The Hall–Kier alpha value is -1.30. The van der Waals surface area contributed by atoms with Crippen molar-refractivity contribution in [3.05, 3.63) is 23.8 Å². The Kier molecular flexibility index (Phi) is 4.63. The largest absolute Gasteiger partial charge is 0.497 e. The number of methoxy groups -OCH3 is 2. The Bertz CT molecular complexity index is 425. The van der Waals surface area contributed by atoms with E-state index in [4.69, 9.17) is 20.1 Å². The molecule has 1 aliphatic rings. The maximum Gasteiger partial charge on any atom is 0.127 e. The summed E-state index contributed by atoms with van der Waals surface area (Å²) in [6.45, 7) is 2.08. The van der Waals surface area contributed by atoms with Crippen LogP contribution >= 0.6 is 0 Å². The quantitative estimate of drug-likeness (QED) is 0.628. The average molecular weight is 266 g/mol. The summed E-state index contributed by atoms with van der Waals surface area (Å²) in [6.07, 6.45) is 2.40. The van der Waals surface area contributed by atoms with Gasteiger partial charge in [0, 0.05) is 11.6 Å². The van der Waals surface area contributed by atoms with Crippen molar-refractivity contribution in [2.45, 2.75) is 38.0 Å². The van der Waals surface area contributed by atoms with Crippen LogP contribution in [0.4, 0.5) is 0 Å². The molecule has 3 N–H and O–H groups in total. The van der Waals surface area contributed by atoms with Crippen LogP contribution in [0.15, 0.2) is 18.2 Å². The highest BCUT2D eigenvalue weighted by molar-refractivity contribution is 5.43. The molecule has 0 bridgehead atoms. The van der Waals surface area contributed by atoms with E-state index in [1.807, 2.05) is 18.2 Å². The molecular formula is C14H22N2O3. The fourth-order valence-corrected chi connectivity index (χ4v) is 2.55. The number of ether oxygens (including phenoxy) is 3. The average Bonchev–Trinajstić information content (AvgIpc) is 2.86. The zero-order valence-electron chi connectivity index (χ0n) is 11.7. The van der Waals surface area contributed by atoms with E-state index in [1.165, 1.54) is 0 Å². The second-order valence-electron chi connectivity index (χ2n) is 4.81. The van der Waals surface area contributed by atoms with Gasteiger partial charge in [-0.2, -0.15) is 0 Å². The SMILES string of the molecule is COc1ccc(C(NN)C2CCC(C)O2)c(OC)c1. The molecule has 0 aromatic heterocycles. The van der Waals surface area contributed by atoms with Crippen LogP contribution in [0, 0.1) is 0 Å². The molecule has 1 aromatic rings. The summed E-state index contributed by atoms with van der Waals surface area (Å²) in [5.41, 5.74) is 3.84. The van der Waals surface area contributed by atoms with Crippen LogP contribution < -0.4 is 20.7 Å². The molecule has 5 heteroatoms. The first-order valence-electron chi connectivity index (χ1n) is 6.53. The number of benzene rings is 1. The van der Waals surface area contributed by atoms with E-state index < -0.39 is 0 Å². The van der Waals surface area contributed by atoms with Gasteiger partial charge < -0.3 is 14.2 Å². The molecule has 0 amide bonds. The highest BCUT2D eigenvalue weighted by atomic mass is 16.5. The second-order valence-corrected chi connectivity index (χ2v) is 4.81. The maximum atomic E-state index is 5.90. The lowest BCUT2D eigenvalue weighted by molar-refractivity contribution is 0.0310. The molecule has 0 aliphatic carbocycles. The highest BCUT2D eigenvalue weighted by Crippen LogP contribution is 2.35. The normalized spacial score (nSPS) is 24.2. The monoisotopic (exact) mass is 266 g/mol. The van der Waals surface area contributed by atoms with Gasteiger partial charge in [-0.15, -0.1) is 0 Å². The molecule has 1 fully saturated rings. The van der Waals surface area contributed by atoms with Crippen molar-refractivity contribution in [3.63, 3.8) is 0 Å². The molecule has 5 nitrogen and oxygen atoms in total. The Balaban J connectivity index is 2.27. The summed E-state index contributed by atoms with van der Waals surface area (Å²) in [6, 6.07) is 5.65. The molecule has 1 aliphatic heterocycles. The summed E-state index contributed by atoms with van der Waals surface area (Å²) >= 11 is 0. The van der Waals surface area contributed by atoms with Crippen LogP contribution in [-0.4, -0.2) is 26.4 Å². The minimum absolute atomic E-state index is 0.0716. The van der Waals surface area contributed by atoms with Crippen molar-refractivity contribution in [1.29, 1.82) is 0 Å². The van der Waals surface area contributed by atoms with Gasteiger partial charge in [0.25, 0.3) is 0 Å². The minimum Gasteiger partial charge on any atom is -0.497 e. The third-order valence-corrected chi connectivity index (χ3v) is 3.59. The van der Waals surface area contributed by atoms with Crippen LogP contribution in [0.25, 0.3) is 0 Å². The zero-order chi connectivity index (χ0) is 13.8.